The fourth-order valence-electron chi connectivity index (χ4n) is 4.88. The van der Waals surface area contributed by atoms with Gasteiger partial charge in [-0.3, -0.25) is 14.3 Å². The molecule has 44 heavy (non-hydrogen) atoms. The summed E-state index contributed by atoms with van der Waals surface area (Å²) in [5.74, 6) is 1.20. The van der Waals surface area contributed by atoms with E-state index >= 15 is 0 Å². The minimum absolute atomic E-state index is 0.106. The van der Waals surface area contributed by atoms with Crippen molar-refractivity contribution in [2.45, 2.75) is 84.6 Å². The standard InChI is InChI=1S/C33H41N5O5Si/c1-33(2,3)43-31(39)16-26-32(40)24-9-7-8-10-27(24)38(36-26)19-30-35-25-15-23(18-34)29(42-20-22-11-12-22)17-28(25)37(30)21-41-13-14-44(4,5)6/h7-10,15,17,22H,11-14,16,19-21H2,1-6H3. The number of carbonyl (C=O) groups is 1. The Morgan fingerprint density at radius 3 is 2.57 bits per heavy atom. The summed E-state index contributed by atoms with van der Waals surface area (Å²) in [5, 5.41) is 15.0. The van der Waals surface area contributed by atoms with Gasteiger partial charge in [0, 0.05) is 26.1 Å². The number of fused-ring (bicyclic) bond motifs is 2. The number of imidazole rings is 1. The minimum atomic E-state index is -1.30. The van der Waals surface area contributed by atoms with E-state index in [4.69, 9.17) is 19.2 Å². The first-order valence-corrected chi connectivity index (χ1v) is 18.9. The van der Waals surface area contributed by atoms with Crippen LogP contribution in [0.1, 0.15) is 50.7 Å². The van der Waals surface area contributed by atoms with Crippen LogP contribution in [0.3, 0.4) is 0 Å². The second-order valence-electron chi connectivity index (χ2n) is 13.7. The van der Waals surface area contributed by atoms with Gasteiger partial charge < -0.3 is 18.8 Å². The number of nitriles is 1. The largest absolute Gasteiger partial charge is 0.492 e. The van der Waals surface area contributed by atoms with Crippen molar-refractivity contribution in [1.29, 1.82) is 5.26 Å². The zero-order valence-corrected chi connectivity index (χ0v) is 27.5. The molecule has 5 rings (SSSR count). The molecule has 0 radical (unpaired) electrons. The van der Waals surface area contributed by atoms with Crippen LogP contribution >= 0.6 is 0 Å². The van der Waals surface area contributed by atoms with Crippen molar-refractivity contribution in [2.75, 3.05) is 13.2 Å². The van der Waals surface area contributed by atoms with Crippen LogP contribution in [0.5, 0.6) is 5.75 Å². The highest BCUT2D eigenvalue weighted by Crippen LogP contribution is 2.32. The number of rotatable bonds is 12. The van der Waals surface area contributed by atoms with Gasteiger partial charge in [-0.1, -0.05) is 31.8 Å². The molecule has 1 aliphatic carbocycles. The number of aromatic nitrogens is 4. The zero-order valence-electron chi connectivity index (χ0n) is 26.5. The Morgan fingerprint density at radius 1 is 1.14 bits per heavy atom. The molecular weight excluding hydrogens is 574 g/mol. The fourth-order valence-corrected chi connectivity index (χ4v) is 5.63. The van der Waals surface area contributed by atoms with E-state index in [-0.39, 0.29) is 30.8 Å². The van der Waals surface area contributed by atoms with Crippen LogP contribution in [0, 0.1) is 17.2 Å². The van der Waals surface area contributed by atoms with Crippen molar-refractivity contribution in [3.8, 4) is 11.8 Å². The van der Waals surface area contributed by atoms with E-state index < -0.39 is 19.6 Å². The zero-order chi connectivity index (χ0) is 31.6. The van der Waals surface area contributed by atoms with E-state index in [0.29, 0.717) is 52.7 Å². The molecule has 0 N–H and O–H groups in total. The van der Waals surface area contributed by atoms with E-state index in [1.165, 1.54) is 0 Å². The highest BCUT2D eigenvalue weighted by atomic mass is 28.3. The van der Waals surface area contributed by atoms with Crippen LogP contribution in [-0.4, -0.2) is 52.2 Å². The van der Waals surface area contributed by atoms with Gasteiger partial charge in [0.1, 0.15) is 35.7 Å². The van der Waals surface area contributed by atoms with Gasteiger partial charge in [0.25, 0.3) is 0 Å². The molecule has 0 spiro atoms. The first kappa shape index (κ1) is 31.4. The van der Waals surface area contributed by atoms with E-state index in [9.17, 15) is 14.9 Å². The van der Waals surface area contributed by atoms with Gasteiger partial charge in [0.15, 0.2) is 0 Å². The van der Waals surface area contributed by atoms with Gasteiger partial charge in [-0.15, -0.1) is 0 Å². The Kier molecular flexibility index (Phi) is 8.95. The third-order valence-electron chi connectivity index (χ3n) is 7.39. The molecule has 1 saturated carbocycles. The van der Waals surface area contributed by atoms with Gasteiger partial charge in [-0.05, 0) is 63.8 Å². The highest BCUT2D eigenvalue weighted by molar-refractivity contribution is 6.76. The third kappa shape index (κ3) is 7.73. The second kappa shape index (κ2) is 12.5. The van der Waals surface area contributed by atoms with Crippen molar-refractivity contribution in [3.63, 3.8) is 0 Å². The highest BCUT2D eigenvalue weighted by Gasteiger charge is 2.24. The number of esters is 1. The maximum atomic E-state index is 13.4. The lowest BCUT2D eigenvalue weighted by Gasteiger charge is -2.19. The van der Waals surface area contributed by atoms with Crippen LogP contribution in [0.2, 0.25) is 25.7 Å². The number of ether oxygens (including phenoxy) is 3. The van der Waals surface area contributed by atoms with Crippen LogP contribution < -0.4 is 10.2 Å². The Bertz CT molecular complexity index is 1790. The van der Waals surface area contributed by atoms with Crippen LogP contribution in [0.4, 0.5) is 0 Å². The SMILES string of the molecule is CC(C)(C)OC(=O)Cc1nn(Cc2nc3cc(C#N)c(OCC4CC4)cc3n2COCC[Si](C)(C)C)c2ccccc2c1=O. The summed E-state index contributed by atoms with van der Waals surface area (Å²) in [6.07, 6.45) is 2.05. The lowest BCUT2D eigenvalue weighted by atomic mass is 10.1. The summed E-state index contributed by atoms with van der Waals surface area (Å²) in [6, 6.07) is 14.1. The summed E-state index contributed by atoms with van der Waals surface area (Å²) in [4.78, 5) is 31.0. The average Bonchev–Trinajstić information content (AvgIpc) is 3.72. The molecule has 0 bridgehead atoms. The second-order valence-corrected chi connectivity index (χ2v) is 19.3. The van der Waals surface area contributed by atoms with Crippen molar-refractivity contribution < 1.29 is 19.0 Å². The molecule has 0 amide bonds. The lowest BCUT2D eigenvalue weighted by molar-refractivity contribution is -0.154. The summed E-state index contributed by atoms with van der Waals surface area (Å²) < 4.78 is 21.4. The summed E-state index contributed by atoms with van der Waals surface area (Å²) >= 11 is 0. The molecule has 2 aromatic carbocycles. The van der Waals surface area contributed by atoms with Crippen LogP contribution in [0.15, 0.2) is 41.2 Å². The molecule has 0 saturated heterocycles. The molecule has 0 atom stereocenters. The Balaban J connectivity index is 1.56. The minimum Gasteiger partial charge on any atom is -0.492 e. The van der Waals surface area contributed by atoms with Crippen molar-refractivity contribution in [3.05, 3.63) is 63.7 Å². The third-order valence-corrected chi connectivity index (χ3v) is 9.09. The molecule has 1 aliphatic rings. The van der Waals surface area contributed by atoms with E-state index in [1.807, 2.05) is 22.8 Å². The molecule has 4 aromatic rings. The van der Waals surface area contributed by atoms with Gasteiger partial charge in [0.2, 0.25) is 5.43 Å². The monoisotopic (exact) mass is 615 g/mol. The molecule has 0 aliphatic heterocycles. The topological polar surface area (TPSA) is 121 Å². The van der Waals surface area contributed by atoms with Crippen molar-refractivity contribution >= 4 is 36.0 Å². The van der Waals surface area contributed by atoms with Crippen LogP contribution in [0.25, 0.3) is 21.9 Å². The summed E-state index contributed by atoms with van der Waals surface area (Å²) in [6.45, 7) is 13.9. The maximum Gasteiger partial charge on any atom is 0.312 e. The smallest absolute Gasteiger partial charge is 0.312 e. The molecule has 10 nitrogen and oxygen atoms in total. The molecule has 2 aromatic heterocycles. The normalized spacial score (nSPS) is 13.8. The lowest BCUT2D eigenvalue weighted by Crippen LogP contribution is -2.28. The molecule has 11 heteroatoms. The number of benzene rings is 2. The van der Waals surface area contributed by atoms with E-state index in [2.05, 4.69) is 30.8 Å². The number of hydrogen-bond donors (Lipinski definition) is 0. The number of para-hydroxylation sites is 1. The number of carbonyl (C=O) groups excluding carboxylic acids is 1. The summed E-state index contributed by atoms with van der Waals surface area (Å²) in [5.41, 5.74) is 1.60. The van der Waals surface area contributed by atoms with Gasteiger partial charge in [0.05, 0.1) is 41.7 Å². The Morgan fingerprint density at radius 2 is 1.89 bits per heavy atom. The Hall–Kier alpha value is -4.01. The predicted octanol–water partition coefficient (Wildman–Crippen LogP) is 5.65. The Labute approximate surface area is 258 Å². The van der Waals surface area contributed by atoms with Gasteiger partial charge >= 0.3 is 5.97 Å². The van der Waals surface area contributed by atoms with Crippen molar-refractivity contribution in [1.82, 2.24) is 19.3 Å². The quantitative estimate of drug-likeness (QED) is 0.114. The van der Waals surface area contributed by atoms with E-state index in [1.54, 1.807) is 43.7 Å². The first-order valence-electron chi connectivity index (χ1n) is 15.2. The number of hydrogen-bond acceptors (Lipinski definition) is 8. The van der Waals surface area contributed by atoms with Crippen LogP contribution in [-0.2, 0) is 34.0 Å². The number of nitrogens with zero attached hydrogens (tertiary/aromatic N) is 5. The maximum absolute atomic E-state index is 13.4. The molecular formula is C33H41N5O5Si. The summed E-state index contributed by atoms with van der Waals surface area (Å²) in [7, 11) is -1.30. The first-order chi connectivity index (χ1) is 20.8. The predicted molar refractivity (Wildman–Crippen MR) is 171 cm³/mol. The van der Waals surface area contributed by atoms with Crippen molar-refractivity contribution in [2.24, 2.45) is 5.92 Å². The molecule has 2 heterocycles. The van der Waals surface area contributed by atoms with Gasteiger partial charge in [-0.2, -0.15) is 10.4 Å². The molecule has 1 fully saturated rings. The molecule has 232 valence electrons. The molecule has 0 unspecified atom stereocenters. The van der Waals surface area contributed by atoms with Gasteiger partial charge in [-0.25, -0.2) is 4.98 Å². The van der Waals surface area contributed by atoms with E-state index in [0.717, 1.165) is 24.4 Å². The fraction of sp³-hybridized carbons (Fsp3) is 0.485. The average molecular weight is 616 g/mol.